The van der Waals surface area contributed by atoms with Crippen LogP contribution < -0.4 is 4.90 Å². The van der Waals surface area contributed by atoms with E-state index in [9.17, 15) is 5.11 Å². The van der Waals surface area contributed by atoms with Crippen LogP contribution in [0.4, 0.5) is 5.69 Å². The fourth-order valence-corrected chi connectivity index (χ4v) is 1.94. The van der Waals surface area contributed by atoms with Crippen molar-refractivity contribution >= 4 is 5.69 Å². The van der Waals surface area contributed by atoms with Gasteiger partial charge in [-0.2, -0.15) is 0 Å². The lowest BCUT2D eigenvalue weighted by atomic mass is 10.1. The van der Waals surface area contributed by atoms with E-state index in [1.54, 1.807) is 0 Å². The minimum Gasteiger partial charge on any atom is -0.387 e. The van der Waals surface area contributed by atoms with Gasteiger partial charge in [-0.3, -0.25) is 4.98 Å². The van der Waals surface area contributed by atoms with Gasteiger partial charge in [0.2, 0.25) is 0 Å². The number of aliphatic hydroxyl groups is 1. The molecular formula is C14H24N2O. The average Bonchev–Trinajstić information content (AvgIpc) is 2.39. The van der Waals surface area contributed by atoms with Gasteiger partial charge in [0.25, 0.3) is 0 Å². The van der Waals surface area contributed by atoms with E-state index in [1.807, 2.05) is 19.2 Å². The number of aliphatic hydroxyl groups excluding tert-OH is 1. The largest absolute Gasteiger partial charge is 0.387 e. The first-order valence-electron chi connectivity index (χ1n) is 6.54. The van der Waals surface area contributed by atoms with Gasteiger partial charge in [0.05, 0.1) is 23.7 Å². The zero-order valence-electron chi connectivity index (χ0n) is 11.3. The minimum atomic E-state index is -0.442. The molecule has 0 amide bonds. The standard InChI is InChI=1S/C14H24N2O/c1-5-11(4)16(7-3)12-8-9-13(15-10-12)14(17)6-2/h8-11,14,17H,5-7H2,1-4H3/t11?,14-/m1/s1. The summed E-state index contributed by atoms with van der Waals surface area (Å²) in [4.78, 5) is 6.67. The molecule has 0 saturated heterocycles. The van der Waals surface area contributed by atoms with Gasteiger partial charge in [0, 0.05) is 12.6 Å². The zero-order chi connectivity index (χ0) is 12.8. The molecule has 96 valence electrons. The molecule has 0 aliphatic rings. The zero-order valence-corrected chi connectivity index (χ0v) is 11.3. The monoisotopic (exact) mass is 236 g/mol. The molecule has 0 radical (unpaired) electrons. The molecule has 0 aliphatic heterocycles. The van der Waals surface area contributed by atoms with Crippen LogP contribution in [0, 0.1) is 0 Å². The summed E-state index contributed by atoms with van der Waals surface area (Å²) in [6, 6.07) is 4.49. The van der Waals surface area contributed by atoms with Gasteiger partial charge in [-0.05, 0) is 38.8 Å². The van der Waals surface area contributed by atoms with Crippen LogP contribution in [0.1, 0.15) is 52.3 Å². The molecule has 3 heteroatoms. The van der Waals surface area contributed by atoms with E-state index in [0.29, 0.717) is 12.5 Å². The van der Waals surface area contributed by atoms with E-state index in [4.69, 9.17) is 0 Å². The first-order valence-corrected chi connectivity index (χ1v) is 6.54. The Kier molecular flexibility index (Phi) is 5.42. The third kappa shape index (κ3) is 3.43. The number of aromatic nitrogens is 1. The maximum atomic E-state index is 9.70. The van der Waals surface area contributed by atoms with E-state index in [1.165, 1.54) is 0 Å². The highest BCUT2D eigenvalue weighted by Crippen LogP contribution is 2.20. The summed E-state index contributed by atoms with van der Waals surface area (Å²) in [5.41, 5.74) is 1.89. The molecule has 0 spiro atoms. The van der Waals surface area contributed by atoms with Crippen molar-refractivity contribution in [2.75, 3.05) is 11.4 Å². The Hall–Kier alpha value is -1.09. The molecule has 3 nitrogen and oxygen atoms in total. The first kappa shape index (κ1) is 14.0. The van der Waals surface area contributed by atoms with Crippen LogP contribution in [-0.4, -0.2) is 22.7 Å². The molecule has 1 rings (SSSR count). The van der Waals surface area contributed by atoms with E-state index < -0.39 is 6.10 Å². The molecule has 0 saturated carbocycles. The predicted molar refractivity (Wildman–Crippen MR) is 72.3 cm³/mol. The lowest BCUT2D eigenvalue weighted by Gasteiger charge is -2.29. The number of hydrogen-bond acceptors (Lipinski definition) is 3. The van der Waals surface area contributed by atoms with Gasteiger partial charge >= 0.3 is 0 Å². The Labute approximate surface area is 104 Å². The Balaban J connectivity index is 2.85. The van der Waals surface area contributed by atoms with E-state index in [-0.39, 0.29) is 0 Å². The van der Waals surface area contributed by atoms with Crippen molar-refractivity contribution in [1.82, 2.24) is 4.98 Å². The van der Waals surface area contributed by atoms with Crippen molar-refractivity contribution in [1.29, 1.82) is 0 Å². The molecule has 0 bridgehead atoms. The van der Waals surface area contributed by atoms with Crippen molar-refractivity contribution in [3.05, 3.63) is 24.0 Å². The van der Waals surface area contributed by atoms with Crippen LogP contribution in [0.2, 0.25) is 0 Å². The summed E-state index contributed by atoms with van der Waals surface area (Å²) in [7, 11) is 0. The number of nitrogens with zero attached hydrogens (tertiary/aromatic N) is 2. The predicted octanol–water partition coefficient (Wildman–Crippen LogP) is 3.15. The summed E-state index contributed by atoms with van der Waals surface area (Å²) < 4.78 is 0. The molecule has 1 N–H and O–H groups in total. The molecule has 1 unspecified atom stereocenters. The third-order valence-electron chi connectivity index (χ3n) is 3.29. The number of rotatable bonds is 6. The molecule has 1 heterocycles. The number of anilines is 1. The molecular weight excluding hydrogens is 212 g/mol. The summed E-state index contributed by atoms with van der Waals surface area (Å²) >= 11 is 0. The van der Waals surface area contributed by atoms with Crippen LogP contribution in [0.25, 0.3) is 0 Å². The molecule has 2 atom stereocenters. The summed E-state index contributed by atoms with van der Waals surface area (Å²) in [6.45, 7) is 9.50. The lowest BCUT2D eigenvalue weighted by molar-refractivity contribution is 0.169. The van der Waals surface area contributed by atoms with Crippen molar-refractivity contribution < 1.29 is 5.11 Å². The maximum Gasteiger partial charge on any atom is 0.0957 e. The highest BCUT2D eigenvalue weighted by Gasteiger charge is 2.12. The van der Waals surface area contributed by atoms with Gasteiger partial charge < -0.3 is 10.0 Å². The van der Waals surface area contributed by atoms with Gasteiger partial charge in [-0.1, -0.05) is 13.8 Å². The number of pyridine rings is 1. The van der Waals surface area contributed by atoms with Crippen LogP contribution in [0.15, 0.2) is 18.3 Å². The highest BCUT2D eigenvalue weighted by molar-refractivity contribution is 5.45. The lowest BCUT2D eigenvalue weighted by Crippen LogP contribution is -2.32. The van der Waals surface area contributed by atoms with Gasteiger partial charge in [0.15, 0.2) is 0 Å². The number of hydrogen-bond donors (Lipinski definition) is 1. The average molecular weight is 236 g/mol. The first-order chi connectivity index (χ1) is 8.13. The van der Waals surface area contributed by atoms with E-state index >= 15 is 0 Å². The van der Waals surface area contributed by atoms with E-state index in [0.717, 1.165) is 24.3 Å². The summed E-state index contributed by atoms with van der Waals surface area (Å²) in [5.74, 6) is 0. The van der Waals surface area contributed by atoms with Gasteiger partial charge in [0.1, 0.15) is 0 Å². The second-order valence-corrected chi connectivity index (χ2v) is 4.41. The van der Waals surface area contributed by atoms with Crippen LogP contribution in [0.5, 0.6) is 0 Å². The fourth-order valence-electron chi connectivity index (χ4n) is 1.94. The maximum absolute atomic E-state index is 9.70. The topological polar surface area (TPSA) is 36.4 Å². The minimum absolute atomic E-state index is 0.442. The molecule has 0 aromatic carbocycles. The molecule has 0 aliphatic carbocycles. The smallest absolute Gasteiger partial charge is 0.0957 e. The highest BCUT2D eigenvalue weighted by atomic mass is 16.3. The normalized spacial score (nSPS) is 14.4. The van der Waals surface area contributed by atoms with Crippen LogP contribution in [-0.2, 0) is 0 Å². The Morgan fingerprint density at radius 2 is 1.94 bits per heavy atom. The second-order valence-electron chi connectivity index (χ2n) is 4.41. The molecule has 0 fully saturated rings. The van der Waals surface area contributed by atoms with Crippen LogP contribution in [0.3, 0.4) is 0 Å². The Bertz CT molecular complexity index is 323. The van der Waals surface area contributed by atoms with E-state index in [2.05, 4.69) is 36.7 Å². The van der Waals surface area contributed by atoms with Crippen LogP contribution >= 0.6 is 0 Å². The second kappa shape index (κ2) is 6.60. The van der Waals surface area contributed by atoms with Crippen molar-refractivity contribution in [3.8, 4) is 0 Å². The van der Waals surface area contributed by atoms with Crippen molar-refractivity contribution in [2.24, 2.45) is 0 Å². The Morgan fingerprint density at radius 3 is 2.35 bits per heavy atom. The molecule has 1 aromatic rings. The fraction of sp³-hybridized carbons (Fsp3) is 0.643. The van der Waals surface area contributed by atoms with Crippen molar-refractivity contribution in [2.45, 2.75) is 52.7 Å². The third-order valence-corrected chi connectivity index (χ3v) is 3.29. The summed E-state index contributed by atoms with van der Waals surface area (Å²) in [5, 5.41) is 9.70. The molecule has 1 aromatic heterocycles. The SMILES string of the molecule is CCC(C)N(CC)c1ccc([C@H](O)CC)nc1. The van der Waals surface area contributed by atoms with Gasteiger partial charge in [-0.15, -0.1) is 0 Å². The molecule has 17 heavy (non-hydrogen) atoms. The Morgan fingerprint density at radius 1 is 1.24 bits per heavy atom. The van der Waals surface area contributed by atoms with Crippen molar-refractivity contribution in [3.63, 3.8) is 0 Å². The van der Waals surface area contributed by atoms with Gasteiger partial charge in [-0.25, -0.2) is 0 Å². The summed E-state index contributed by atoms with van der Waals surface area (Å²) in [6.07, 6.45) is 3.24. The quantitative estimate of drug-likeness (QED) is 0.824.